The van der Waals surface area contributed by atoms with Crippen molar-refractivity contribution < 1.29 is 14.0 Å². The van der Waals surface area contributed by atoms with Gasteiger partial charge in [-0.25, -0.2) is 4.39 Å². The van der Waals surface area contributed by atoms with E-state index in [0.717, 1.165) is 16.5 Å². The van der Waals surface area contributed by atoms with Gasteiger partial charge in [-0.15, -0.1) is 0 Å². The summed E-state index contributed by atoms with van der Waals surface area (Å²) < 4.78 is 13.2. The molecule has 0 spiro atoms. The molecule has 5 nitrogen and oxygen atoms in total. The highest BCUT2D eigenvalue weighted by molar-refractivity contribution is 5.97. The van der Waals surface area contributed by atoms with Gasteiger partial charge in [-0.2, -0.15) is 0 Å². The van der Waals surface area contributed by atoms with Crippen LogP contribution in [0, 0.1) is 5.82 Å². The summed E-state index contributed by atoms with van der Waals surface area (Å²) in [6.07, 6.45) is 0.0306. The summed E-state index contributed by atoms with van der Waals surface area (Å²) in [4.78, 5) is 27.4. The number of benzene rings is 3. The lowest BCUT2D eigenvalue weighted by Gasteiger charge is -2.26. The molecule has 0 saturated carbocycles. The van der Waals surface area contributed by atoms with E-state index < -0.39 is 5.91 Å². The number of nitrogens with zero attached hydrogens (tertiary/aromatic N) is 2. The number of amides is 2. The zero-order valence-corrected chi connectivity index (χ0v) is 15.6. The first-order valence-electron chi connectivity index (χ1n) is 8.98. The van der Waals surface area contributed by atoms with Crippen LogP contribution < -0.4 is 15.5 Å². The minimum absolute atomic E-state index is 0.0306. The van der Waals surface area contributed by atoms with Crippen LogP contribution >= 0.6 is 0 Å². The van der Waals surface area contributed by atoms with Crippen molar-refractivity contribution in [1.82, 2.24) is 0 Å². The van der Waals surface area contributed by atoms with Crippen molar-refractivity contribution in [3.63, 3.8) is 0 Å². The summed E-state index contributed by atoms with van der Waals surface area (Å²) in [6.45, 7) is 0.250. The highest BCUT2D eigenvalue weighted by atomic mass is 19.1. The van der Waals surface area contributed by atoms with Gasteiger partial charge in [0.25, 0.3) is 0 Å². The molecular weight excluding hydrogens is 357 g/mol. The number of carbonyl (C=O) groups is 2. The van der Waals surface area contributed by atoms with E-state index in [2.05, 4.69) is 0 Å². The zero-order valence-electron chi connectivity index (χ0n) is 15.6. The van der Waals surface area contributed by atoms with Crippen LogP contribution in [0.2, 0.25) is 0 Å². The predicted molar refractivity (Wildman–Crippen MR) is 110 cm³/mol. The third-order valence-corrected chi connectivity index (χ3v) is 4.57. The number of carbonyl (C=O) groups excluding carboxylic acids is 2. The van der Waals surface area contributed by atoms with Gasteiger partial charge in [0.2, 0.25) is 11.8 Å². The second-order valence-corrected chi connectivity index (χ2v) is 6.63. The molecule has 0 aliphatic heterocycles. The molecule has 0 radical (unpaired) electrons. The highest BCUT2D eigenvalue weighted by Crippen LogP contribution is 2.22. The Morgan fingerprint density at radius 1 is 0.929 bits per heavy atom. The smallest absolute Gasteiger partial charge is 0.246 e. The molecule has 3 rings (SSSR count). The normalized spacial score (nSPS) is 10.6. The van der Waals surface area contributed by atoms with Crippen molar-refractivity contribution >= 4 is 34.0 Å². The van der Waals surface area contributed by atoms with E-state index in [-0.39, 0.29) is 31.2 Å². The minimum Gasteiger partial charge on any atom is -0.370 e. The SMILES string of the molecule is CN(CC(=O)N(CCC(N)=O)c1ccc(F)cc1)c1ccc2ccccc2c1. The lowest BCUT2D eigenvalue weighted by atomic mass is 10.1. The van der Waals surface area contributed by atoms with Gasteiger partial charge < -0.3 is 15.5 Å². The Balaban J connectivity index is 1.78. The molecule has 3 aromatic carbocycles. The second kappa shape index (κ2) is 8.52. The Morgan fingerprint density at radius 3 is 2.25 bits per heavy atom. The first-order chi connectivity index (χ1) is 13.4. The maximum atomic E-state index is 13.2. The van der Waals surface area contributed by atoms with E-state index >= 15 is 0 Å². The fourth-order valence-electron chi connectivity index (χ4n) is 3.03. The first-order valence-corrected chi connectivity index (χ1v) is 8.98. The van der Waals surface area contributed by atoms with Crippen molar-refractivity contribution in [1.29, 1.82) is 0 Å². The Kier molecular flexibility index (Phi) is 5.89. The fourth-order valence-corrected chi connectivity index (χ4v) is 3.03. The van der Waals surface area contributed by atoms with E-state index in [4.69, 9.17) is 5.73 Å². The molecule has 3 aromatic rings. The molecule has 2 amide bonds. The molecule has 28 heavy (non-hydrogen) atoms. The van der Waals surface area contributed by atoms with Gasteiger partial charge in [0.15, 0.2) is 0 Å². The van der Waals surface area contributed by atoms with Crippen molar-refractivity contribution in [3.05, 3.63) is 72.5 Å². The molecule has 0 unspecified atom stereocenters. The quantitative estimate of drug-likeness (QED) is 0.685. The molecule has 2 N–H and O–H groups in total. The van der Waals surface area contributed by atoms with Gasteiger partial charge in [-0.1, -0.05) is 30.3 Å². The van der Waals surface area contributed by atoms with Crippen LogP contribution in [0.25, 0.3) is 10.8 Å². The number of primary amides is 1. The summed E-state index contributed by atoms with van der Waals surface area (Å²) >= 11 is 0. The molecule has 0 aliphatic carbocycles. The standard InChI is InChI=1S/C22H22FN3O2/c1-25(20-9-6-16-4-2-3-5-17(16)14-20)15-22(28)26(13-12-21(24)27)19-10-7-18(23)8-11-19/h2-11,14H,12-13,15H2,1H3,(H2,24,27). The molecule has 0 saturated heterocycles. The van der Waals surface area contributed by atoms with Crippen molar-refractivity contribution in [2.24, 2.45) is 5.73 Å². The molecular formula is C22H22FN3O2. The predicted octanol–water partition coefficient (Wildman–Crippen LogP) is 3.32. The Hall–Kier alpha value is -3.41. The summed E-state index contributed by atoms with van der Waals surface area (Å²) in [5, 5.41) is 2.21. The molecule has 0 aromatic heterocycles. The van der Waals surface area contributed by atoms with E-state index in [1.54, 1.807) is 0 Å². The van der Waals surface area contributed by atoms with Crippen LogP contribution in [0.4, 0.5) is 15.8 Å². The second-order valence-electron chi connectivity index (χ2n) is 6.63. The van der Waals surface area contributed by atoms with Crippen LogP contribution in [-0.4, -0.2) is 32.0 Å². The van der Waals surface area contributed by atoms with Crippen LogP contribution in [-0.2, 0) is 9.59 Å². The van der Waals surface area contributed by atoms with Gasteiger partial charge >= 0.3 is 0 Å². The number of hydrogen-bond acceptors (Lipinski definition) is 3. The molecule has 0 atom stereocenters. The number of halogens is 1. The van der Waals surface area contributed by atoms with Crippen molar-refractivity contribution in [2.75, 3.05) is 29.9 Å². The Bertz CT molecular complexity index is 988. The van der Waals surface area contributed by atoms with Gasteiger partial charge in [0.1, 0.15) is 5.82 Å². The first kappa shape index (κ1) is 19.4. The molecule has 0 aliphatic rings. The lowest BCUT2D eigenvalue weighted by Crippen LogP contribution is -2.40. The minimum atomic E-state index is -0.497. The van der Waals surface area contributed by atoms with E-state index in [1.165, 1.54) is 29.2 Å². The van der Waals surface area contributed by atoms with E-state index in [0.29, 0.717) is 5.69 Å². The number of hydrogen-bond donors (Lipinski definition) is 1. The molecule has 0 bridgehead atoms. The summed E-state index contributed by atoms with van der Waals surface area (Å²) in [7, 11) is 1.83. The van der Waals surface area contributed by atoms with Gasteiger partial charge in [0.05, 0.1) is 6.54 Å². The van der Waals surface area contributed by atoms with E-state index in [9.17, 15) is 14.0 Å². The maximum Gasteiger partial charge on any atom is 0.246 e. The highest BCUT2D eigenvalue weighted by Gasteiger charge is 2.19. The zero-order chi connectivity index (χ0) is 20.1. The van der Waals surface area contributed by atoms with Crippen LogP contribution in [0.5, 0.6) is 0 Å². The lowest BCUT2D eigenvalue weighted by molar-refractivity contribution is -0.118. The van der Waals surface area contributed by atoms with Crippen molar-refractivity contribution in [3.8, 4) is 0 Å². The average Bonchev–Trinajstić information content (AvgIpc) is 2.68. The van der Waals surface area contributed by atoms with Crippen molar-refractivity contribution in [2.45, 2.75) is 6.42 Å². The van der Waals surface area contributed by atoms with Crippen LogP contribution in [0.1, 0.15) is 6.42 Å². The third kappa shape index (κ3) is 4.65. The third-order valence-electron chi connectivity index (χ3n) is 4.57. The number of likely N-dealkylation sites (N-methyl/N-ethyl adjacent to an activating group) is 1. The molecule has 0 heterocycles. The topological polar surface area (TPSA) is 66.6 Å². The molecule has 144 valence electrons. The Labute approximate surface area is 163 Å². The average molecular weight is 379 g/mol. The number of nitrogens with two attached hydrogens (primary N) is 1. The molecule has 0 fully saturated rings. The van der Waals surface area contributed by atoms with Gasteiger partial charge in [0, 0.05) is 31.4 Å². The van der Waals surface area contributed by atoms with Gasteiger partial charge in [-0.05, 0) is 47.2 Å². The van der Waals surface area contributed by atoms with E-state index in [1.807, 2.05) is 54.4 Å². The fraction of sp³-hybridized carbons (Fsp3) is 0.182. The summed E-state index contributed by atoms with van der Waals surface area (Å²) in [5.74, 6) is -1.09. The number of anilines is 2. The number of fused-ring (bicyclic) bond motifs is 1. The maximum absolute atomic E-state index is 13.2. The van der Waals surface area contributed by atoms with Crippen LogP contribution in [0.15, 0.2) is 66.7 Å². The molecule has 6 heteroatoms. The van der Waals surface area contributed by atoms with Crippen LogP contribution in [0.3, 0.4) is 0 Å². The number of rotatable bonds is 7. The Morgan fingerprint density at radius 2 is 1.57 bits per heavy atom. The monoisotopic (exact) mass is 379 g/mol. The van der Waals surface area contributed by atoms with Gasteiger partial charge in [-0.3, -0.25) is 9.59 Å². The summed E-state index contributed by atoms with van der Waals surface area (Å²) in [6, 6.07) is 19.6. The summed E-state index contributed by atoms with van der Waals surface area (Å²) in [5.41, 5.74) is 6.67. The largest absolute Gasteiger partial charge is 0.370 e.